The summed E-state index contributed by atoms with van der Waals surface area (Å²) in [5.41, 5.74) is 0.361. The van der Waals surface area contributed by atoms with Crippen LogP contribution >= 0.6 is 11.6 Å². The van der Waals surface area contributed by atoms with Crippen molar-refractivity contribution in [3.63, 3.8) is 0 Å². The van der Waals surface area contributed by atoms with E-state index in [1.807, 2.05) is 0 Å². The van der Waals surface area contributed by atoms with E-state index in [4.69, 9.17) is 11.6 Å². The first kappa shape index (κ1) is 9.93. The number of halogens is 2. The number of carbonyl (C=O) groups excluding carboxylic acids is 1. The number of rotatable bonds is 2. The van der Waals surface area contributed by atoms with E-state index in [9.17, 15) is 9.18 Å². The third-order valence-corrected chi connectivity index (χ3v) is 1.70. The van der Waals surface area contributed by atoms with Crippen molar-refractivity contribution < 1.29 is 9.18 Å². The van der Waals surface area contributed by atoms with E-state index in [2.05, 4.69) is 0 Å². The second-order valence-electron chi connectivity index (χ2n) is 2.61. The highest BCUT2D eigenvalue weighted by molar-refractivity contribution is 6.30. The first-order valence-corrected chi connectivity index (χ1v) is 4.11. The highest BCUT2D eigenvalue weighted by atomic mass is 35.5. The van der Waals surface area contributed by atoms with Gasteiger partial charge < -0.3 is 0 Å². The number of allylic oxidation sites excluding steroid dienone is 1. The van der Waals surface area contributed by atoms with Crippen LogP contribution in [0.2, 0.25) is 5.02 Å². The van der Waals surface area contributed by atoms with Crippen LogP contribution in [0, 0.1) is 5.82 Å². The van der Waals surface area contributed by atoms with Gasteiger partial charge in [0, 0.05) is 10.6 Å². The maximum atomic E-state index is 13.1. The third-order valence-electron chi connectivity index (χ3n) is 1.46. The van der Waals surface area contributed by atoms with Crippen LogP contribution in [0.5, 0.6) is 0 Å². The summed E-state index contributed by atoms with van der Waals surface area (Å²) in [6.07, 6.45) is 2.74. The van der Waals surface area contributed by atoms with Crippen LogP contribution in [-0.2, 0) is 4.79 Å². The molecule has 0 aliphatic carbocycles. The third kappa shape index (κ3) is 2.99. The van der Waals surface area contributed by atoms with Gasteiger partial charge in [-0.25, -0.2) is 4.39 Å². The van der Waals surface area contributed by atoms with Gasteiger partial charge in [0.05, 0.1) is 0 Å². The molecule has 0 heterocycles. The van der Waals surface area contributed by atoms with E-state index in [-0.39, 0.29) is 5.78 Å². The fourth-order valence-electron chi connectivity index (χ4n) is 0.844. The molecule has 0 unspecified atom stereocenters. The predicted molar refractivity (Wildman–Crippen MR) is 51.1 cm³/mol. The number of carbonyl (C=O) groups is 1. The lowest BCUT2D eigenvalue weighted by Crippen LogP contribution is -1.84. The smallest absolute Gasteiger partial charge is 0.152 e. The Balaban J connectivity index is 2.96. The lowest BCUT2D eigenvalue weighted by atomic mass is 10.2. The van der Waals surface area contributed by atoms with E-state index >= 15 is 0 Å². The molecule has 0 amide bonds. The van der Waals surface area contributed by atoms with Gasteiger partial charge in [-0.15, -0.1) is 0 Å². The van der Waals surface area contributed by atoms with Crippen LogP contribution in [-0.4, -0.2) is 5.78 Å². The van der Waals surface area contributed by atoms with Gasteiger partial charge in [0.2, 0.25) is 0 Å². The molecule has 0 radical (unpaired) electrons. The largest absolute Gasteiger partial charge is 0.295 e. The van der Waals surface area contributed by atoms with Crippen molar-refractivity contribution in [2.45, 2.75) is 6.92 Å². The average Bonchev–Trinajstić information content (AvgIpc) is 2.02. The van der Waals surface area contributed by atoms with Gasteiger partial charge >= 0.3 is 0 Å². The van der Waals surface area contributed by atoms with E-state index in [1.54, 1.807) is 6.07 Å². The summed E-state index contributed by atoms with van der Waals surface area (Å²) in [6, 6.07) is 4.31. The predicted octanol–water partition coefficient (Wildman–Crippen LogP) is 3.08. The Kier molecular flexibility index (Phi) is 3.20. The molecular formula is C10H8ClFO. The number of hydrogen-bond donors (Lipinski definition) is 0. The zero-order chi connectivity index (χ0) is 9.84. The van der Waals surface area contributed by atoms with Gasteiger partial charge in [0.15, 0.2) is 5.78 Å². The molecule has 0 spiro atoms. The molecule has 0 bridgehead atoms. The van der Waals surface area contributed by atoms with Crippen LogP contribution < -0.4 is 0 Å². The molecule has 1 nitrogen and oxygen atoms in total. The molecule has 68 valence electrons. The van der Waals surface area contributed by atoms with Crippen LogP contribution in [0.25, 0.3) is 6.08 Å². The Morgan fingerprint density at radius 3 is 2.77 bits per heavy atom. The summed E-state index contributed by atoms with van der Waals surface area (Å²) in [7, 11) is 0. The quantitative estimate of drug-likeness (QED) is 0.668. The van der Waals surface area contributed by atoms with E-state index < -0.39 is 5.82 Å². The number of benzene rings is 1. The molecule has 0 atom stereocenters. The van der Waals surface area contributed by atoms with Crippen LogP contribution in [0.1, 0.15) is 12.5 Å². The molecule has 3 heteroatoms. The molecule has 0 fully saturated rings. The van der Waals surface area contributed by atoms with Crippen LogP contribution in [0.15, 0.2) is 24.3 Å². The molecule has 0 saturated heterocycles. The molecule has 1 aromatic carbocycles. The average molecular weight is 199 g/mol. The van der Waals surface area contributed by atoms with Gasteiger partial charge in [-0.05, 0) is 31.2 Å². The second-order valence-corrected chi connectivity index (χ2v) is 3.05. The molecule has 0 aliphatic rings. The molecule has 0 aliphatic heterocycles. The SMILES string of the molecule is CC(=O)/C=C/c1ccc(Cl)cc1F. The van der Waals surface area contributed by atoms with Gasteiger partial charge in [-0.3, -0.25) is 4.79 Å². The van der Waals surface area contributed by atoms with Crippen molar-refractivity contribution in [3.8, 4) is 0 Å². The summed E-state index contributed by atoms with van der Waals surface area (Å²) >= 11 is 5.55. The Morgan fingerprint density at radius 1 is 1.54 bits per heavy atom. The summed E-state index contributed by atoms with van der Waals surface area (Å²) in [5.74, 6) is -0.542. The Morgan fingerprint density at radius 2 is 2.23 bits per heavy atom. The molecule has 0 aromatic heterocycles. The lowest BCUT2D eigenvalue weighted by Gasteiger charge is -1.96. The Bertz CT molecular complexity index is 358. The first-order chi connectivity index (χ1) is 6.09. The van der Waals surface area contributed by atoms with E-state index in [0.29, 0.717) is 10.6 Å². The summed E-state index contributed by atoms with van der Waals surface area (Å²) in [4.78, 5) is 10.6. The van der Waals surface area contributed by atoms with Crippen molar-refractivity contribution in [1.82, 2.24) is 0 Å². The van der Waals surface area contributed by atoms with Gasteiger partial charge in [-0.1, -0.05) is 17.7 Å². The summed E-state index contributed by atoms with van der Waals surface area (Å²) in [6.45, 7) is 1.41. The maximum Gasteiger partial charge on any atom is 0.152 e. The fraction of sp³-hybridized carbons (Fsp3) is 0.100. The second kappa shape index (κ2) is 4.19. The summed E-state index contributed by atoms with van der Waals surface area (Å²) in [5, 5.41) is 0.345. The zero-order valence-corrected chi connectivity index (χ0v) is 7.81. The van der Waals surface area contributed by atoms with Gasteiger partial charge in [0.1, 0.15) is 5.82 Å². The van der Waals surface area contributed by atoms with E-state index in [1.165, 1.54) is 31.2 Å². The Labute approximate surface area is 80.8 Å². The maximum absolute atomic E-state index is 13.1. The Hall–Kier alpha value is -1.15. The van der Waals surface area contributed by atoms with Crippen molar-refractivity contribution in [2.75, 3.05) is 0 Å². The highest BCUT2D eigenvalue weighted by Gasteiger charge is 1.98. The minimum absolute atomic E-state index is 0.116. The van der Waals surface area contributed by atoms with Crippen molar-refractivity contribution in [1.29, 1.82) is 0 Å². The van der Waals surface area contributed by atoms with Crippen molar-refractivity contribution >= 4 is 23.5 Å². The molecule has 1 rings (SSSR count). The van der Waals surface area contributed by atoms with Gasteiger partial charge in [0.25, 0.3) is 0 Å². The number of hydrogen-bond acceptors (Lipinski definition) is 1. The molecule has 0 N–H and O–H groups in total. The van der Waals surface area contributed by atoms with Crippen molar-refractivity contribution in [2.24, 2.45) is 0 Å². The normalized spacial score (nSPS) is 10.7. The monoisotopic (exact) mass is 198 g/mol. The highest BCUT2D eigenvalue weighted by Crippen LogP contribution is 2.15. The minimum atomic E-state index is -0.426. The molecule has 13 heavy (non-hydrogen) atoms. The lowest BCUT2D eigenvalue weighted by molar-refractivity contribution is -0.112. The first-order valence-electron chi connectivity index (χ1n) is 3.73. The van der Waals surface area contributed by atoms with E-state index in [0.717, 1.165) is 0 Å². The zero-order valence-electron chi connectivity index (χ0n) is 7.05. The molecule has 0 saturated carbocycles. The summed E-state index contributed by atoms with van der Waals surface area (Å²) < 4.78 is 13.1. The van der Waals surface area contributed by atoms with Crippen molar-refractivity contribution in [3.05, 3.63) is 40.7 Å². The van der Waals surface area contributed by atoms with Crippen LogP contribution in [0.4, 0.5) is 4.39 Å². The molecular weight excluding hydrogens is 191 g/mol. The standard InChI is InChI=1S/C10H8ClFO/c1-7(13)2-3-8-4-5-9(11)6-10(8)12/h2-6H,1H3/b3-2+. The fourth-order valence-corrected chi connectivity index (χ4v) is 1.00. The minimum Gasteiger partial charge on any atom is -0.295 e. The van der Waals surface area contributed by atoms with Gasteiger partial charge in [-0.2, -0.15) is 0 Å². The topological polar surface area (TPSA) is 17.1 Å². The van der Waals surface area contributed by atoms with Crippen LogP contribution in [0.3, 0.4) is 0 Å². The number of ketones is 1. The molecule has 1 aromatic rings.